The van der Waals surface area contributed by atoms with Crippen molar-refractivity contribution in [1.29, 1.82) is 0 Å². The van der Waals surface area contributed by atoms with Gasteiger partial charge in [-0.2, -0.15) is 0 Å². The molecule has 1 aromatic heterocycles. The summed E-state index contributed by atoms with van der Waals surface area (Å²) in [5.74, 6) is 0.883. The molecule has 3 aromatic rings. The molecule has 8 nitrogen and oxygen atoms in total. The van der Waals surface area contributed by atoms with Crippen LogP contribution in [0.4, 0.5) is 27.8 Å². The van der Waals surface area contributed by atoms with Crippen LogP contribution < -0.4 is 15.1 Å². The number of anilines is 4. The lowest BCUT2D eigenvalue weighted by molar-refractivity contribution is -0.117. The van der Waals surface area contributed by atoms with Crippen molar-refractivity contribution < 1.29 is 14.3 Å². The molecule has 1 unspecified atom stereocenters. The number of carbonyl (C=O) groups is 2. The third-order valence-corrected chi connectivity index (χ3v) is 6.17. The van der Waals surface area contributed by atoms with Crippen molar-refractivity contribution in [3.63, 3.8) is 0 Å². The van der Waals surface area contributed by atoms with Gasteiger partial charge in [0.2, 0.25) is 11.9 Å². The average Bonchev–Trinajstić information content (AvgIpc) is 3.19. The lowest BCUT2D eigenvalue weighted by atomic mass is 10.0. The molecule has 8 heteroatoms. The summed E-state index contributed by atoms with van der Waals surface area (Å²) in [5.41, 5.74) is 5.33. The largest absolute Gasteiger partial charge is 0.444 e. The van der Waals surface area contributed by atoms with E-state index in [0.717, 1.165) is 28.3 Å². The van der Waals surface area contributed by atoms with E-state index >= 15 is 0 Å². The molecule has 0 radical (unpaired) electrons. The van der Waals surface area contributed by atoms with Crippen LogP contribution >= 0.6 is 0 Å². The number of carbonyl (C=O) groups excluding carboxylic acids is 2. The van der Waals surface area contributed by atoms with Crippen LogP contribution in [-0.2, 0) is 9.53 Å². The topological polar surface area (TPSA) is 87.7 Å². The van der Waals surface area contributed by atoms with Crippen LogP contribution in [0.1, 0.15) is 50.1 Å². The fraction of sp³-hybridized carbons (Fsp3) is 0.357. The standard InChI is InChI=1S/C28H33N5O3/c1-6-32(27-29-19(4)15-20(5)30-27)22-13-11-21(12-14-22)31-28(35)36-23-16-26(34)33(17-23)25-10-8-7-9-24(25)18(2)3/h7-15,18,23H,6,16-17H2,1-5H3,(H,31,35). The Kier molecular flexibility index (Phi) is 7.52. The second kappa shape index (κ2) is 10.8. The molecule has 0 spiro atoms. The van der Waals surface area contributed by atoms with Crippen LogP contribution in [0, 0.1) is 13.8 Å². The SMILES string of the molecule is CCN(c1ccc(NC(=O)OC2CC(=O)N(c3ccccc3C(C)C)C2)cc1)c1nc(C)cc(C)n1. The number of benzene rings is 2. The molecule has 1 aliphatic heterocycles. The Labute approximate surface area is 212 Å². The highest BCUT2D eigenvalue weighted by molar-refractivity contribution is 5.97. The van der Waals surface area contributed by atoms with Crippen molar-refractivity contribution in [3.05, 3.63) is 71.5 Å². The summed E-state index contributed by atoms with van der Waals surface area (Å²) >= 11 is 0. The number of hydrogen-bond acceptors (Lipinski definition) is 6. The van der Waals surface area contributed by atoms with Crippen molar-refractivity contribution >= 4 is 35.0 Å². The zero-order chi connectivity index (χ0) is 25.8. The monoisotopic (exact) mass is 487 g/mol. The van der Waals surface area contributed by atoms with E-state index in [2.05, 4.69) is 29.1 Å². The van der Waals surface area contributed by atoms with Crippen LogP contribution in [0.25, 0.3) is 0 Å². The lowest BCUT2D eigenvalue weighted by Gasteiger charge is -2.22. The first-order valence-corrected chi connectivity index (χ1v) is 12.3. The van der Waals surface area contributed by atoms with Gasteiger partial charge in [0.1, 0.15) is 6.10 Å². The van der Waals surface area contributed by atoms with Gasteiger partial charge in [0.25, 0.3) is 0 Å². The van der Waals surface area contributed by atoms with Crippen molar-refractivity contribution in [2.75, 3.05) is 28.2 Å². The molecule has 0 saturated carbocycles. The highest BCUT2D eigenvalue weighted by Gasteiger charge is 2.34. The predicted octanol–water partition coefficient (Wildman–Crippen LogP) is 5.73. The minimum Gasteiger partial charge on any atom is -0.444 e. The molecule has 188 valence electrons. The maximum Gasteiger partial charge on any atom is 0.411 e. The normalized spacial score (nSPS) is 15.3. The number of aryl methyl sites for hydroxylation is 2. The summed E-state index contributed by atoms with van der Waals surface area (Å²) in [7, 11) is 0. The molecule has 0 aliphatic carbocycles. The van der Waals surface area contributed by atoms with Crippen LogP contribution in [0.2, 0.25) is 0 Å². The van der Waals surface area contributed by atoms with E-state index in [4.69, 9.17) is 4.74 Å². The second-order valence-corrected chi connectivity index (χ2v) is 9.32. The number of nitrogens with one attached hydrogen (secondary N) is 1. The first kappa shape index (κ1) is 25.2. The lowest BCUT2D eigenvalue weighted by Crippen LogP contribution is -2.28. The molecule has 0 bridgehead atoms. The minimum atomic E-state index is -0.579. The molecule has 36 heavy (non-hydrogen) atoms. The summed E-state index contributed by atoms with van der Waals surface area (Å²) in [5, 5.41) is 2.77. The zero-order valence-corrected chi connectivity index (χ0v) is 21.5. The number of amides is 2. The molecule has 2 amide bonds. The molecule has 1 aliphatic rings. The number of ether oxygens (including phenoxy) is 1. The number of hydrogen-bond donors (Lipinski definition) is 1. The number of aromatic nitrogens is 2. The molecule has 2 heterocycles. The maximum atomic E-state index is 12.7. The Bertz CT molecular complexity index is 1220. The quantitative estimate of drug-likeness (QED) is 0.458. The summed E-state index contributed by atoms with van der Waals surface area (Å²) in [6.07, 6.45) is -0.918. The molecule has 1 fully saturated rings. The van der Waals surface area contributed by atoms with E-state index in [1.807, 2.05) is 80.3 Å². The predicted molar refractivity (Wildman–Crippen MR) is 142 cm³/mol. The zero-order valence-electron chi connectivity index (χ0n) is 21.5. The van der Waals surface area contributed by atoms with Crippen LogP contribution in [0.5, 0.6) is 0 Å². The van der Waals surface area contributed by atoms with Gasteiger partial charge in [-0.25, -0.2) is 14.8 Å². The second-order valence-electron chi connectivity index (χ2n) is 9.32. The average molecular weight is 488 g/mol. The van der Waals surface area contributed by atoms with Gasteiger partial charge in [0, 0.05) is 35.0 Å². The van der Waals surface area contributed by atoms with E-state index in [1.165, 1.54) is 0 Å². The first-order valence-electron chi connectivity index (χ1n) is 12.3. The molecule has 1 N–H and O–H groups in total. The van der Waals surface area contributed by atoms with Crippen LogP contribution in [0.3, 0.4) is 0 Å². The van der Waals surface area contributed by atoms with Gasteiger partial charge < -0.3 is 14.5 Å². The molecule has 1 saturated heterocycles. The minimum absolute atomic E-state index is 0.0430. The van der Waals surface area contributed by atoms with Crippen molar-refractivity contribution in [3.8, 4) is 0 Å². The fourth-order valence-corrected chi connectivity index (χ4v) is 4.50. The van der Waals surface area contributed by atoms with Crippen LogP contribution in [0.15, 0.2) is 54.6 Å². The van der Waals surface area contributed by atoms with Gasteiger partial charge >= 0.3 is 6.09 Å². The highest BCUT2D eigenvalue weighted by atomic mass is 16.6. The number of rotatable bonds is 7. The van der Waals surface area contributed by atoms with E-state index in [9.17, 15) is 9.59 Å². The Hall–Kier alpha value is -3.94. The first-order chi connectivity index (χ1) is 17.2. The number of para-hydroxylation sites is 1. The summed E-state index contributed by atoms with van der Waals surface area (Å²) in [6, 6.07) is 17.2. The van der Waals surface area contributed by atoms with E-state index in [-0.39, 0.29) is 18.2 Å². The highest BCUT2D eigenvalue weighted by Crippen LogP contribution is 2.31. The van der Waals surface area contributed by atoms with Crippen molar-refractivity contribution in [1.82, 2.24) is 9.97 Å². The number of nitrogens with zero attached hydrogens (tertiary/aromatic N) is 4. The Morgan fingerprint density at radius 1 is 1.11 bits per heavy atom. The van der Waals surface area contributed by atoms with Crippen molar-refractivity contribution in [2.24, 2.45) is 0 Å². The van der Waals surface area contributed by atoms with Crippen molar-refractivity contribution in [2.45, 2.75) is 53.1 Å². The molecular weight excluding hydrogens is 454 g/mol. The van der Waals surface area contributed by atoms with Gasteiger partial charge in [0.05, 0.1) is 13.0 Å². The van der Waals surface area contributed by atoms with Crippen LogP contribution in [-0.4, -0.2) is 41.2 Å². The third kappa shape index (κ3) is 5.64. The maximum absolute atomic E-state index is 12.7. The van der Waals surface area contributed by atoms with Gasteiger partial charge in [-0.05, 0) is 68.7 Å². The molecular formula is C28H33N5O3. The van der Waals surface area contributed by atoms with E-state index in [0.29, 0.717) is 24.7 Å². The van der Waals surface area contributed by atoms with E-state index in [1.54, 1.807) is 4.90 Å². The smallest absolute Gasteiger partial charge is 0.411 e. The molecule has 2 aromatic carbocycles. The molecule has 1 atom stereocenters. The van der Waals surface area contributed by atoms with Gasteiger partial charge in [-0.15, -0.1) is 0 Å². The Morgan fingerprint density at radius 3 is 2.42 bits per heavy atom. The summed E-state index contributed by atoms with van der Waals surface area (Å²) in [4.78, 5) is 38.1. The summed E-state index contributed by atoms with van der Waals surface area (Å²) < 4.78 is 5.59. The summed E-state index contributed by atoms with van der Waals surface area (Å²) in [6.45, 7) is 11.2. The molecule has 4 rings (SSSR count). The van der Waals surface area contributed by atoms with Gasteiger partial charge in [-0.1, -0.05) is 32.0 Å². The third-order valence-electron chi connectivity index (χ3n) is 6.17. The van der Waals surface area contributed by atoms with Gasteiger partial charge in [0.15, 0.2) is 0 Å². The Morgan fingerprint density at radius 2 is 1.78 bits per heavy atom. The fourth-order valence-electron chi connectivity index (χ4n) is 4.50. The Balaban J connectivity index is 1.38. The van der Waals surface area contributed by atoms with Gasteiger partial charge in [-0.3, -0.25) is 10.1 Å². The van der Waals surface area contributed by atoms with E-state index < -0.39 is 12.2 Å².